The number of anilines is 1. The van der Waals surface area contributed by atoms with E-state index in [0.29, 0.717) is 17.7 Å². The number of sulfone groups is 1. The van der Waals surface area contributed by atoms with Crippen LogP contribution >= 0.6 is 0 Å². The van der Waals surface area contributed by atoms with E-state index in [0.717, 1.165) is 0 Å². The molecule has 0 spiro atoms. The molecule has 1 aliphatic carbocycles. The summed E-state index contributed by atoms with van der Waals surface area (Å²) in [5.74, 6) is -2.53. The molecular formula is C16H21NO5S. The van der Waals surface area contributed by atoms with E-state index < -0.39 is 32.4 Å². The van der Waals surface area contributed by atoms with Crippen LogP contribution in [0.1, 0.15) is 32.8 Å². The summed E-state index contributed by atoms with van der Waals surface area (Å²) in [6, 6.07) is 6.63. The molecule has 1 aromatic rings. The van der Waals surface area contributed by atoms with Crippen molar-refractivity contribution in [2.75, 3.05) is 5.32 Å². The van der Waals surface area contributed by atoms with Gasteiger partial charge in [0.15, 0.2) is 9.84 Å². The zero-order valence-corrected chi connectivity index (χ0v) is 14.2. The second kappa shape index (κ2) is 5.96. The van der Waals surface area contributed by atoms with Crippen molar-refractivity contribution in [1.82, 2.24) is 0 Å². The van der Waals surface area contributed by atoms with Gasteiger partial charge in [0.05, 0.1) is 22.3 Å². The lowest BCUT2D eigenvalue weighted by Gasteiger charge is -2.19. The summed E-state index contributed by atoms with van der Waals surface area (Å²) in [6.45, 7) is 4.94. The molecule has 0 aromatic heterocycles. The second-order valence-corrected chi connectivity index (χ2v) is 9.59. The predicted octanol–water partition coefficient (Wildman–Crippen LogP) is 2.06. The molecular weight excluding hydrogens is 318 g/mol. The quantitative estimate of drug-likeness (QED) is 0.855. The highest BCUT2D eigenvalue weighted by Crippen LogP contribution is 2.39. The molecule has 0 bridgehead atoms. The first-order chi connectivity index (χ1) is 10.5. The van der Waals surface area contributed by atoms with Crippen LogP contribution in [0, 0.1) is 11.8 Å². The summed E-state index contributed by atoms with van der Waals surface area (Å²) in [5, 5.41) is 11.5. The Bertz CT molecular complexity index is 733. The zero-order valence-electron chi connectivity index (χ0n) is 13.4. The molecule has 126 valence electrons. The SMILES string of the molecule is CC(C)(C)S(=O)(=O)Cc1cccc(NC(=O)C2CC2C(=O)O)c1. The number of carbonyl (C=O) groups is 2. The highest BCUT2D eigenvalue weighted by atomic mass is 32.2. The monoisotopic (exact) mass is 339 g/mol. The first-order valence-electron chi connectivity index (χ1n) is 7.36. The van der Waals surface area contributed by atoms with Crippen LogP contribution in [0.5, 0.6) is 0 Å². The van der Waals surface area contributed by atoms with Gasteiger partial charge in [0.1, 0.15) is 0 Å². The third-order valence-corrected chi connectivity index (χ3v) is 6.51. The lowest BCUT2D eigenvalue weighted by molar-refractivity contribution is -0.139. The number of hydrogen-bond donors (Lipinski definition) is 2. The molecule has 7 heteroatoms. The van der Waals surface area contributed by atoms with Crippen molar-refractivity contribution >= 4 is 27.4 Å². The van der Waals surface area contributed by atoms with Crippen LogP contribution in [0.15, 0.2) is 24.3 Å². The Morgan fingerprint density at radius 2 is 1.91 bits per heavy atom. The van der Waals surface area contributed by atoms with Gasteiger partial charge < -0.3 is 10.4 Å². The van der Waals surface area contributed by atoms with Crippen LogP contribution in [0.3, 0.4) is 0 Å². The number of carbonyl (C=O) groups excluding carboxylic acids is 1. The number of rotatable bonds is 5. The number of amides is 1. The van der Waals surface area contributed by atoms with Crippen molar-refractivity contribution in [1.29, 1.82) is 0 Å². The number of aliphatic carboxylic acids is 1. The molecule has 2 unspecified atom stereocenters. The molecule has 1 aromatic carbocycles. The van der Waals surface area contributed by atoms with Crippen LogP contribution in [0.2, 0.25) is 0 Å². The minimum Gasteiger partial charge on any atom is -0.481 e. The Balaban J connectivity index is 2.06. The molecule has 1 aliphatic rings. The summed E-state index contributed by atoms with van der Waals surface area (Å²) in [5.41, 5.74) is 1.07. The van der Waals surface area contributed by atoms with Gasteiger partial charge in [-0.1, -0.05) is 12.1 Å². The van der Waals surface area contributed by atoms with E-state index in [-0.39, 0.29) is 11.7 Å². The van der Waals surface area contributed by atoms with Crippen LogP contribution in [0.25, 0.3) is 0 Å². The predicted molar refractivity (Wildman–Crippen MR) is 86.7 cm³/mol. The number of benzene rings is 1. The number of nitrogens with one attached hydrogen (secondary N) is 1. The van der Waals surface area contributed by atoms with Crippen molar-refractivity contribution in [3.05, 3.63) is 29.8 Å². The fraction of sp³-hybridized carbons (Fsp3) is 0.500. The maximum absolute atomic E-state index is 12.2. The van der Waals surface area contributed by atoms with Gasteiger partial charge in [0.2, 0.25) is 5.91 Å². The van der Waals surface area contributed by atoms with Crippen molar-refractivity contribution in [3.63, 3.8) is 0 Å². The van der Waals surface area contributed by atoms with E-state index in [1.165, 1.54) is 0 Å². The van der Waals surface area contributed by atoms with Gasteiger partial charge in [-0.25, -0.2) is 8.42 Å². The summed E-state index contributed by atoms with van der Waals surface area (Å²) < 4.78 is 23.6. The topological polar surface area (TPSA) is 101 Å². The molecule has 2 N–H and O–H groups in total. The minimum absolute atomic E-state index is 0.110. The van der Waals surface area contributed by atoms with E-state index in [1.807, 2.05) is 0 Å². The van der Waals surface area contributed by atoms with Gasteiger partial charge in [-0.2, -0.15) is 0 Å². The minimum atomic E-state index is -3.31. The highest BCUT2D eigenvalue weighted by molar-refractivity contribution is 7.91. The molecule has 0 radical (unpaired) electrons. The van der Waals surface area contributed by atoms with E-state index in [2.05, 4.69) is 5.32 Å². The summed E-state index contributed by atoms with van der Waals surface area (Å²) in [6.07, 6.45) is 0.346. The van der Waals surface area contributed by atoms with Gasteiger partial charge in [0.25, 0.3) is 0 Å². The summed E-state index contributed by atoms with van der Waals surface area (Å²) >= 11 is 0. The van der Waals surface area contributed by atoms with E-state index in [4.69, 9.17) is 5.11 Å². The Labute approximate surface area is 135 Å². The maximum atomic E-state index is 12.2. The lowest BCUT2D eigenvalue weighted by Crippen LogP contribution is -2.29. The smallest absolute Gasteiger partial charge is 0.307 e. The molecule has 1 amide bonds. The molecule has 23 heavy (non-hydrogen) atoms. The Kier molecular flexibility index (Phi) is 4.52. The van der Waals surface area contributed by atoms with Crippen LogP contribution < -0.4 is 5.32 Å². The van der Waals surface area contributed by atoms with Gasteiger partial charge in [-0.3, -0.25) is 9.59 Å². The molecule has 1 fully saturated rings. The average Bonchev–Trinajstić information content (AvgIpc) is 3.17. The summed E-state index contributed by atoms with van der Waals surface area (Å²) in [4.78, 5) is 22.7. The van der Waals surface area contributed by atoms with Gasteiger partial charge in [-0.15, -0.1) is 0 Å². The first-order valence-corrected chi connectivity index (χ1v) is 9.01. The first kappa shape index (κ1) is 17.5. The largest absolute Gasteiger partial charge is 0.481 e. The number of carboxylic acid groups (broad SMARTS) is 1. The molecule has 6 nitrogen and oxygen atoms in total. The van der Waals surface area contributed by atoms with Gasteiger partial charge >= 0.3 is 5.97 Å². The summed E-state index contributed by atoms with van der Waals surface area (Å²) in [7, 11) is -3.31. The molecule has 0 aliphatic heterocycles. The highest BCUT2D eigenvalue weighted by Gasteiger charge is 2.48. The zero-order chi connectivity index (χ0) is 17.4. The molecule has 2 rings (SSSR count). The molecule has 2 atom stereocenters. The van der Waals surface area contributed by atoms with Crippen molar-refractivity contribution in [3.8, 4) is 0 Å². The number of hydrogen-bond acceptors (Lipinski definition) is 4. The normalized spacial score (nSPS) is 20.8. The van der Waals surface area contributed by atoms with E-state index in [9.17, 15) is 18.0 Å². The third-order valence-electron chi connectivity index (χ3n) is 3.93. The lowest BCUT2D eigenvalue weighted by atomic mass is 10.2. The number of carboxylic acids is 1. The fourth-order valence-electron chi connectivity index (χ4n) is 2.17. The molecule has 1 saturated carbocycles. The van der Waals surface area contributed by atoms with Crippen molar-refractivity contribution in [2.45, 2.75) is 37.7 Å². The molecule has 0 heterocycles. The maximum Gasteiger partial charge on any atom is 0.307 e. The van der Waals surface area contributed by atoms with Crippen molar-refractivity contribution in [2.24, 2.45) is 11.8 Å². The fourth-order valence-corrected chi connectivity index (χ4v) is 3.22. The van der Waals surface area contributed by atoms with E-state index in [1.54, 1.807) is 45.0 Å². The second-order valence-electron chi connectivity index (χ2n) is 6.85. The van der Waals surface area contributed by atoms with E-state index >= 15 is 0 Å². The Morgan fingerprint density at radius 1 is 1.26 bits per heavy atom. The van der Waals surface area contributed by atoms with Gasteiger partial charge in [0, 0.05) is 5.69 Å². The standard InChI is InChI=1S/C16H21NO5S/c1-16(2,3)23(21,22)9-10-5-4-6-11(7-10)17-14(18)12-8-13(12)15(19)20/h4-7,12-13H,8-9H2,1-3H3,(H,17,18)(H,19,20). The Morgan fingerprint density at radius 3 is 2.43 bits per heavy atom. The van der Waals surface area contributed by atoms with Crippen molar-refractivity contribution < 1.29 is 23.1 Å². The van der Waals surface area contributed by atoms with Gasteiger partial charge in [-0.05, 0) is 44.9 Å². The average molecular weight is 339 g/mol. The molecule has 0 saturated heterocycles. The van der Waals surface area contributed by atoms with Crippen LogP contribution in [-0.4, -0.2) is 30.1 Å². The van der Waals surface area contributed by atoms with Crippen LogP contribution in [0.4, 0.5) is 5.69 Å². The Hall–Kier alpha value is -1.89. The third kappa shape index (κ3) is 4.10. The van der Waals surface area contributed by atoms with Crippen LogP contribution in [-0.2, 0) is 25.2 Å².